The molecule has 1 rings (SSSR count). The van der Waals surface area contributed by atoms with Crippen molar-refractivity contribution in [1.82, 2.24) is 9.80 Å². The van der Waals surface area contributed by atoms with Gasteiger partial charge in [-0.1, -0.05) is 13.8 Å². The van der Waals surface area contributed by atoms with E-state index in [1.54, 1.807) is 0 Å². The zero-order valence-electron chi connectivity index (χ0n) is 13.1. The molecule has 0 saturated carbocycles. The lowest BCUT2D eigenvalue weighted by Crippen LogP contribution is -2.63. The van der Waals surface area contributed by atoms with E-state index in [-0.39, 0.29) is 11.1 Å². The van der Waals surface area contributed by atoms with E-state index in [2.05, 4.69) is 44.5 Å². The summed E-state index contributed by atoms with van der Waals surface area (Å²) in [4.78, 5) is 5.14. The molecule has 108 valence electrons. The molecule has 3 heteroatoms. The van der Waals surface area contributed by atoms with Crippen molar-refractivity contribution in [3.63, 3.8) is 0 Å². The average Bonchev–Trinajstić information content (AvgIpc) is 2.39. The van der Waals surface area contributed by atoms with Crippen molar-refractivity contribution in [2.75, 3.05) is 33.2 Å². The second-order valence-corrected chi connectivity index (χ2v) is 6.50. The number of likely N-dealkylation sites (N-methyl/N-ethyl adjacent to an activating group) is 1. The molecule has 0 atom stereocenters. The van der Waals surface area contributed by atoms with Gasteiger partial charge in [-0.3, -0.25) is 4.90 Å². The molecule has 1 heterocycles. The number of nitrogens with two attached hydrogens (primary N) is 1. The highest BCUT2D eigenvalue weighted by Gasteiger charge is 2.41. The molecule has 0 aromatic rings. The highest BCUT2D eigenvalue weighted by Crippen LogP contribution is 2.33. The van der Waals surface area contributed by atoms with E-state index in [0.29, 0.717) is 0 Å². The minimum Gasteiger partial charge on any atom is -0.329 e. The van der Waals surface area contributed by atoms with Gasteiger partial charge in [-0.05, 0) is 66.2 Å². The van der Waals surface area contributed by atoms with Crippen molar-refractivity contribution in [3.8, 4) is 0 Å². The summed E-state index contributed by atoms with van der Waals surface area (Å²) in [6.45, 7) is 13.6. The molecule has 0 unspecified atom stereocenters. The third kappa shape index (κ3) is 3.25. The summed E-state index contributed by atoms with van der Waals surface area (Å²) in [6.07, 6.45) is 4.85. The second kappa shape index (κ2) is 6.36. The summed E-state index contributed by atoms with van der Waals surface area (Å²) in [5, 5.41) is 0. The third-order valence-electron chi connectivity index (χ3n) is 5.19. The summed E-state index contributed by atoms with van der Waals surface area (Å²) < 4.78 is 0. The molecule has 0 bridgehead atoms. The van der Waals surface area contributed by atoms with Crippen LogP contribution in [0.4, 0.5) is 0 Å². The van der Waals surface area contributed by atoms with Gasteiger partial charge < -0.3 is 10.6 Å². The van der Waals surface area contributed by atoms with Crippen LogP contribution in [-0.4, -0.2) is 54.1 Å². The van der Waals surface area contributed by atoms with Gasteiger partial charge >= 0.3 is 0 Å². The Morgan fingerprint density at radius 2 is 1.78 bits per heavy atom. The van der Waals surface area contributed by atoms with Gasteiger partial charge in [0.1, 0.15) is 0 Å². The standard InChI is InChI=1S/C15H33N3/c1-6-10-18-11-8-15(13-16,9-12-18)17(5)14(3,4)7-2/h6-13,16H2,1-5H3. The van der Waals surface area contributed by atoms with Crippen LogP contribution < -0.4 is 5.73 Å². The van der Waals surface area contributed by atoms with Crippen LogP contribution in [0.25, 0.3) is 0 Å². The first-order valence-electron chi connectivity index (χ1n) is 7.58. The number of likely N-dealkylation sites (tertiary alicyclic amines) is 1. The fraction of sp³-hybridized carbons (Fsp3) is 1.00. The minimum atomic E-state index is 0.212. The van der Waals surface area contributed by atoms with Gasteiger partial charge in [0.05, 0.1) is 0 Å². The van der Waals surface area contributed by atoms with Crippen LogP contribution in [0.3, 0.4) is 0 Å². The van der Waals surface area contributed by atoms with Gasteiger partial charge in [0.15, 0.2) is 0 Å². The summed E-state index contributed by atoms with van der Waals surface area (Å²) in [5.41, 5.74) is 6.60. The van der Waals surface area contributed by atoms with E-state index in [9.17, 15) is 0 Å². The summed E-state index contributed by atoms with van der Waals surface area (Å²) in [5.74, 6) is 0. The molecule has 18 heavy (non-hydrogen) atoms. The first-order valence-corrected chi connectivity index (χ1v) is 7.58. The van der Waals surface area contributed by atoms with E-state index in [1.165, 1.54) is 45.3 Å². The summed E-state index contributed by atoms with van der Waals surface area (Å²) >= 11 is 0. The van der Waals surface area contributed by atoms with Crippen molar-refractivity contribution >= 4 is 0 Å². The SMILES string of the molecule is CCCN1CCC(CN)(N(C)C(C)(C)CC)CC1. The monoisotopic (exact) mass is 255 g/mol. The fourth-order valence-electron chi connectivity index (χ4n) is 3.06. The lowest BCUT2D eigenvalue weighted by molar-refractivity contribution is -0.0191. The molecule has 1 aliphatic heterocycles. The predicted octanol–water partition coefficient (Wildman–Crippen LogP) is 2.31. The van der Waals surface area contributed by atoms with Gasteiger partial charge in [0.25, 0.3) is 0 Å². The van der Waals surface area contributed by atoms with Crippen molar-refractivity contribution in [1.29, 1.82) is 0 Å². The van der Waals surface area contributed by atoms with Crippen LogP contribution >= 0.6 is 0 Å². The van der Waals surface area contributed by atoms with E-state index in [1.807, 2.05) is 0 Å². The van der Waals surface area contributed by atoms with Crippen LogP contribution in [0.2, 0.25) is 0 Å². The molecule has 0 radical (unpaired) electrons. The maximum absolute atomic E-state index is 6.15. The maximum atomic E-state index is 6.15. The van der Waals surface area contributed by atoms with Gasteiger partial charge in [0, 0.05) is 17.6 Å². The van der Waals surface area contributed by atoms with Crippen molar-refractivity contribution in [3.05, 3.63) is 0 Å². The van der Waals surface area contributed by atoms with E-state index < -0.39 is 0 Å². The van der Waals surface area contributed by atoms with Gasteiger partial charge in [0.2, 0.25) is 0 Å². The highest BCUT2D eigenvalue weighted by molar-refractivity contribution is 4.99. The Morgan fingerprint density at radius 1 is 1.22 bits per heavy atom. The largest absolute Gasteiger partial charge is 0.329 e. The summed E-state index contributed by atoms with van der Waals surface area (Å²) in [7, 11) is 2.27. The Hall–Kier alpha value is -0.120. The number of hydrogen-bond donors (Lipinski definition) is 1. The number of piperidine rings is 1. The Labute approximate surface area is 114 Å². The lowest BCUT2D eigenvalue weighted by atomic mass is 9.81. The number of hydrogen-bond acceptors (Lipinski definition) is 3. The molecule has 0 aromatic carbocycles. The first kappa shape index (κ1) is 15.9. The topological polar surface area (TPSA) is 32.5 Å². The molecule has 0 aliphatic carbocycles. The van der Waals surface area contributed by atoms with Gasteiger partial charge in [-0.25, -0.2) is 0 Å². The summed E-state index contributed by atoms with van der Waals surface area (Å²) in [6, 6.07) is 0. The maximum Gasteiger partial charge on any atom is 0.0358 e. The molecular weight excluding hydrogens is 222 g/mol. The zero-order chi connectivity index (χ0) is 13.8. The third-order valence-corrected chi connectivity index (χ3v) is 5.19. The number of nitrogens with zero attached hydrogens (tertiary/aromatic N) is 2. The van der Waals surface area contributed by atoms with Gasteiger partial charge in [-0.15, -0.1) is 0 Å². The molecular formula is C15H33N3. The van der Waals surface area contributed by atoms with E-state index in [4.69, 9.17) is 5.73 Å². The Morgan fingerprint density at radius 3 is 2.17 bits per heavy atom. The molecule has 1 saturated heterocycles. The van der Waals surface area contributed by atoms with Gasteiger partial charge in [-0.2, -0.15) is 0 Å². The predicted molar refractivity (Wildman–Crippen MR) is 79.9 cm³/mol. The average molecular weight is 255 g/mol. The quantitative estimate of drug-likeness (QED) is 0.790. The zero-order valence-corrected chi connectivity index (χ0v) is 13.1. The van der Waals surface area contributed by atoms with Crippen molar-refractivity contribution in [2.24, 2.45) is 5.73 Å². The first-order chi connectivity index (χ1) is 8.41. The molecule has 0 amide bonds. The van der Waals surface area contributed by atoms with Crippen LogP contribution in [-0.2, 0) is 0 Å². The van der Waals surface area contributed by atoms with Crippen LogP contribution in [0.1, 0.15) is 53.4 Å². The molecule has 1 aliphatic rings. The van der Waals surface area contributed by atoms with Crippen LogP contribution in [0, 0.1) is 0 Å². The number of rotatable bonds is 6. The molecule has 2 N–H and O–H groups in total. The van der Waals surface area contributed by atoms with Crippen molar-refractivity contribution in [2.45, 2.75) is 64.5 Å². The minimum absolute atomic E-state index is 0.212. The fourth-order valence-corrected chi connectivity index (χ4v) is 3.06. The smallest absolute Gasteiger partial charge is 0.0358 e. The second-order valence-electron chi connectivity index (χ2n) is 6.50. The van der Waals surface area contributed by atoms with Crippen LogP contribution in [0.5, 0.6) is 0 Å². The molecule has 3 nitrogen and oxygen atoms in total. The Bertz CT molecular complexity index is 242. The van der Waals surface area contributed by atoms with Crippen molar-refractivity contribution < 1.29 is 0 Å². The lowest BCUT2D eigenvalue weighted by Gasteiger charge is -2.53. The van der Waals surface area contributed by atoms with Crippen LogP contribution in [0.15, 0.2) is 0 Å². The highest BCUT2D eigenvalue weighted by atomic mass is 15.3. The van der Waals surface area contributed by atoms with E-state index in [0.717, 1.165) is 6.54 Å². The Kier molecular flexibility index (Phi) is 5.63. The molecule has 0 spiro atoms. The normalized spacial score (nSPS) is 21.5. The molecule has 1 fully saturated rings. The Balaban J connectivity index is 2.71. The van der Waals surface area contributed by atoms with E-state index >= 15 is 0 Å². The molecule has 0 aromatic heterocycles.